The molecule has 0 unspecified atom stereocenters. The Morgan fingerprint density at radius 3 is 2.55 bits per heavy atom. The molecule has 1 atom stereocenters. The molecular formula is C15H21ClN2O3S. The topological polar surface area (TPSA) is 75.3 Å². The monoisotopic (exact) mass is 344 g/mol. The lowest BCUT2D eigenvalue weighted by molar-refractivity contribution is 0.237. The predicted molar refractivity (Wildman–Crippen MR) is 88.1 cm³/mol. The summed E-state index contributed by atoms with van der Waals surface area (Å²) in [4.78, 5) is 11.9. The molecule has 1 fully saturated rings. The van der Waals surface area contributed by atoms with Crippen LogP contribution in [0.4, 0.5) is 4.79 Å². The highest BCUT2D eigenvalue weighted by atomic mass is 35.5. The van der Waals surface area contributed by atoms with Gasteiger partial charge in [-0.3, -0.25) is 0 Å². The van der Waals surface area contributed by atoms with E-state index in [0.29, 0.717) is 11.6 Å². The lowest BCUT2D eigenvalue weighted by atomic mass is 9.96. The minimum Gasteiger partial charge on any atom is -0.337 e. The summed E-state index contributed by atoms with van der Waals surface area (Å²) in [5.74, 6) is -0.0733. The first-order valence-electron chi connectivity index (χ1n) is 7.19. The highest BCUT2D eigenvalue weighted by molar-refractivity contribution is 7.90. The van der Waals surface area contributed by atoms with E-state index in [1.54, 1.807) is 6.92 Å². The van der Waals surface area contributed by atoms with Gasteiger partial charge in [-0.2, -0.15) is 0 Å². The van der Waals surface area contributed by atoms with Gasteiger partial charge in [0.2, 0.25) is 0 Å². The Balaban J connectivity index is 1.88. The molecule has 2 amide bonds. The molecule has 1 aromatic rings. The standard InChI is InChI=1S/C15H21ClN2O3S/c1-11(9-22(2,20)21)18-14(19)17-10-15(7-8-15)12-5-3-4-6-13(12)16/h3-6,11H,7-10H2,1-2H3,(H2,17,18,19)/t11-/m0/s1. The van der Waals surface area contributed by atoms with Gasteiger partial charge in [-0.15, -0.1) is 0 Å². The molecule has 0 radical (unpaired) electrons. The molecule has 0 aliphatic heterocycles. The number of hydrogen-bond donors (Lipinski definition) is 2. The molecule has 0 saturated heterocycles. The second kappa shape index (κ2) is 6.46. The Hall–Kier alpha value is -1.27. The van der Waals surface area contributed by atoms with Gasteiger partial charge in [0.1, 0.15) is 9.84 Å². The molecule has 2 rings (SSSR count). The molecule has 0 bridgehead atoms. The summed E-state index contributed by atoms with van der Waals surface area (Å²) in [6.07, 6.45) is 3.12. The molecule has 5 nitrogen and oxygen atoms in total. The fraction of sp³-hybridized carbons (Fsp3) is 0.533. The molecule has 0 spiro atoms. The minimum atomic E-state index is -3.11. The number of hydrogen-bond acceptors (Lipinski definition) is 3. The largest absolute Gasteiger partial charge is 0.337 e. The van der Waals surface area contributed by atoms with Crippen LogP contribution in [0.25, 0.3) is 0 Å². The molecule has 1 aliphatic carbocycles. The fourth-order valence-electron chi connectivity index (χ4n) is 2.60. The van der Waals surface area contributed by atoms with Crippen LogP contribution in [0.15, 0.2) is 24.3 Å². The van der Waals surface area contributed by atoms with Crippen LogP contribution in [0.2, 0.25) is 5.02 Å². The second-order valence-electron chi connectivity index (χ2n) is 6.08. The van der Waals surface area contributed by atoms with Crippen molar-refractivity contribution in [2.24, 2.45) is 0 Å². The van der Waals surface area contributed by atoms with E-state index in [1.165, 1.54) is 0 Å². The molecule has 122 valence electrons. The maximum atomic E-state index is 11.9. The number of carbonyl (C=O) groups excluding carboxylic acids is 1. The fourth-order valence-corrected chi connectivity index (χ4v) is 3.93. The summed E-state index contributed by atoms with van der Waals surface area (Å²) in [6.45, 7) is 2.16. The van der Waals surface area contributed by atoms with Crippen molar-refractivity contribution in [3.8, 4) is 0 Å². The molecule has 0 aromatic heterocycles. The van der Waals surface area contributed by atoms with Gasteiger partial charge in [0.05, 0.1) is 5.75 Å². The number of urea groups is 1. The SMILES string of the molecule is C[C@@H](CS(C)(=O)=O)NC(=O)NCC1(c2ccccc2Cl)CC1. The Morgan fingerprint density at radius 2 is 2.00 bits per heavy atom. The number of rotatable bonds is 6. The average Bonchev–Trinajstić information content (AvgIpc) is 3.15. The van der Waals surface area contributed by atoms with Gasteiger partial charge >= 0.3 is 6.03 Å². The third-order valence-corrected chi connectivity index (χ3v) is 5.25. The summed E-state index contributed by atoms with van der Waals surface area (Å²) in [5.41, 5.74) is 0.969. The number of amides is 2. The molecule has 7 heteroatoms. The molecule has 1 saturated carbocycles. The first-order valence-corrected chi connectivity index (χ1v) is 9.63. The Morgan fingerprint density at radius 1 is 1.36 bits per heavy atom. The van der Waals surface area contributed by atoms with Crippen LogP contribution in [0.1, 0.15) is 25.3 Å². The third-order valence-electron chi connectivity index (χ3n) is 3.82. The minimum absolute atomic E-state index is 0.0733. The van der Waals surface area contributed by atoms with Gasteiger partial charge in [0.25, 0.3) is 0 Å². The van der Waals surface area contributed by atoms with Crippen LogP contribution >= 0.6 is 11.6 Å². The number of nitrogens with one attached hydrogen (secondary N) is 2. The summed E-state index contributed by atoms with van der Waals surface area (Å²) in [6, 6.07) is 6.89. The zero-order valence-corrected chi connectivity index (χ0v) is 14.3. The van der Waals surface area contributed by atoms with Gasteiger partial charge < -0.3 is 10.6 Å². The number of benzene rings is 1. The van der Waals surface area contributed by atoms with E-state index in [0.717, 1.165) is 24.7 Å². The summed E-state index contributed by atoms with van der Waals surface area (Å²) in [7, 11) is -3.11. The van der Waals surface area contributed by atoms with E-state index in [1.807, 2.05) is 24.3 Å². The second-order valence-corrected chi connectivity index (χ2v) is 8.67. The molecule has 1 aliphatic rings. The van der Waals surface area contributed by atoms with Crippen molar-refractivity contribution in [2.45, 2.75) is 31.2 Å². The van der Waals surface area contributed by atoms with Crippen LogP contribution < -0.4 is 10.6 Å². The quantitative estimate of drug-likeness (QED) is 0.829. The average molecular weight is 345 g/mol. The Labute approximate surface area is 136 Å². The highest BCUT2D eigenvalue weighted by Gasteiger charge is 2.45. The molecule has 1 aromatic carbocycles. The number of sulfone groups is 1. The summed E-state index contributed by atoms with van der Waals surface area (Å²) < 4.78 is 22.4. The normalized spacial score (nSPS) is 17.6. The van der Waals surface area contributed by atoms with Crippen molar-refractivity contribution in [1.82, 2.24) is 10.6 Å². The summed E-state index contributed by atoms with van der Waals surface area (Å²) in [5, 5.41) is 6.18. The van der Waals surface area contributed by atoms with Gasteiger partial charge in [-0.25, -0.2) is 13.2 Å². The van der Waals surface area contributed by atoms with Crippen LogP contribution in [-0.2, 0) is 15.3 Å². The predicted octanol–water partition coefficient (Wildman–Crippen LogP) is 2.10. The van der Waals surface area contributed by atoms with Gasteiger partial charge in [-0.05, 0) is 31.4 Å². The smallest absolute Gasteiger partial charge is 0.315 e. The van der Waals surface area contributed by atoms with Crippen molar-refractivity contribution >= 4 is 27.5 Å². The third kappa shape index (κ3) is 4.61. The van der Waals surface area contributed by atoms with Crippen LogP contribution in [-0.4, -0.2) is 39.0 Å². The van der Waals surface area contributed by atoms with Gasteiger partial charge in [0, 0.05) is 29.3 Å². The molecule has 2 N–H and O–H groups in total. The van der Waals surface area contributed by atoms with E-state index in [4.69, 9.17) is 11.6 Å². The van der Waals surface area contributed by atoms with E-state index in [2.05, 4.69) is 10.6 Å². The lowest BCUT2D eigenvalue weighted by Crippen LogP contribution is -2.45. The van der Waals surface area contributed by atoms with Crippen LogP contribution in [0, 0.1) is 0 Å². The maximum Gasteiger partial charge on any atom is 0.315 e. The van der Waals surface area contributed by atoms with Crippen molar-refractivity contribution in [3.05, 3.63) is 34.9 Å². The van der Waals surface area contributed by atoms with Crippen molar-refractivity contribution in [1.29, 1.82) is 0 Å². The zero-order valence-electron chi connectivity index (χ0n) is 12.7. The Bertz CT molecular complexity index is 657. The molecular weight excluding hydrogens is 324 g/mol. The first kappa shape index (κ1) is 17.1. The highest BCUT2D eigenvalue weighted by Crippen LogP contribution is 2.49. The number of carbonyl (C=O) groups is 1. The van der Waals surface area contributed by atoms with E-state index in [9.17, 15) is 13.2 Å². The van der Waals surface area contributed by atoms with Gasteiger partial charge in [0.15, 0.2) is 0 Å². The van der Waals surface area contributed by atoms with E-state index in [-0.39, 0.29) is 17.2 Å². The van der Waals surface area contributed by atoms with Crippen molar-refractivity contribution < 1.29 is 13.2 Å². The van der Waals surface area contributed by atoms with Crippen molar-refractivity contribution in [2.75, 3.05) is 18.6 Å². The van der Waals surface area contributed by atoms with Crippen LogP contribution in [0.3, 0.4) is 0 Å². The summed E-state index contributed by atoms with van der Waals surface area (Å²) >= 11 is 6.23. The van der Waals surface area contributed by atoms with Gasteiger partial charge in [-0.1, -0.05) is 29.8 Å². The zero-order chi connectivity index (χ0) is 16.4. The molecule has 0 heterocycles. The van der Waals surface area contributed by atoms with Crippen molar-refractivity contribution in [3.63, 3.8) is 0 Å². The molecule has 22 heavy (non-hydrogen) atoms. The van der Waals surface area contributed by atoms with Crippen LogP contribution in [0.5, 0.6) is 0 Å². The first-order chi connectivity index (χ1) is 10.2. The lowest BCUT2D eigenvalue weighted by Gasteiger charge is -2.19. The Kier molecular flexibility index (Phi) is 5.02. The van der Waals surface area contributed by atoms with E-state index >= 15 is 0 Å². The number of halogens is 1. The maximum absolute atomic E-state index is 11.9. The van der Waals surface area contributed by atoms with E-state index < -0.39 is 15.9 Å².